The minimum absolute atomic E-state index is 0.368. The third-order valence-electron chi connectivity index (χ3n) is 1.51. The third kappa shape index (κ3) is 1.71. The molecule has 1 aromatic rings. The minimum Gasteiger partial charge on any atom is -0.326 e. The van der Waals surface area contributed by atoms with Gasteiger partial charge in [0.1, 0.15) is 6.07 Å². The molecule has 0 saturated heterocycles. The summed E-state index contributed by atoms with van der Waals surface area (Å²) in [5.74, 6) is 0. The van der Waals surface area contributed by atoms with E-state index in [-0.39, 0.29) is 0 Å². The highest BCUT2D eigenvalue weighted by Gasteiger charge is 2.07. The van der Waals surface area contributed by atoms with Gasteiger partial charge in [0, 0.05) is 10.1 Å². The molecule has 0 atom stereocenters. The first kappa shape index (κ1) is 9.78. The van der Waals surface area contributed by atoms with Crippen molar-refractivity contribution in [2.45, 2.75) is 6.54 Å². The van der Waals surface area contributed by atoms with Crippen molar-refractivity contribution in [3.05, 3.63) is 31.9 Å². The maximum Gasteiger partial charge on any atom is 0.101 e. The number of nitrogens with zero attached hydrogens (tertiary/aromatic N) is 1. The van der Waals surface area contributed by atoms with Gasteiger partial charge >= 0.3 is 0 Å². The minimum atomic E-state index is 0.368. The van der Waals surface area contributed by atoms with Gasteiger partial charge in [0.15, 0.2) is 0 Å². The zero-order valence-electron chi connectivity index (χ0n) is 6.14. The quantitative estimate of drug-likeness (QED) is 0.807. The van der Waals surface area contributed by atoms with E-state index < -0.39 is 0 Å². The van der Waals surface area contributed by atoms with Crippen LogP contribution in [0.15, 0.2) is 12.1 Å². The molecule has 0 amide bonds. The van der Waals surface area contributed by atoms with Gasteiger partial charge < -0.3 is 5.73 Å². The van der Waals surface area contributed by atoms with Crippen LogP contribution in [-0.2, 0) is 6.54 Å². The summed E-state index contributed by atoms with van der Waals surface area (Å²) in [6.07, 6.45) is 0. The van der Waals surface area contributed by atoms with E-state index in [0.29, 0.717) is 17.1 Å². The molecule has 0 aliphatic heterocycles. The monoisotopic (exact) mass is 292 g/mol. The predicted octanol–water partition coefficient (Wildman–Crippen LogP) is 2.27. The number of rotatable bonds is 1. The van der Waals surface area contributed by atoms with Crippen LogP contribution >= 0.6 is 34.2 Å². The van der Waals surface area contributed by atoms with Gasteiger partial charge in [-0.1, -0.05) is 11.6 Å². The van der Waals surface area contributed by atoms with E-state index in [2.05, 4.69) is 22.6 Å². The third-order valence-corrected chi connectivity index (χ3v) is 2.95. The van der Waals surface area contributed by atoms with Crippen LogP contribution in [0.2, 0.25) is 5.02 Å². The van der Waals surface area contributed by atoms with Gasteiger partial charge in [-0.15, -0.1) is 0 Å². The number of halogens is 2. The first-order valence-corrected chi connectivity index (χ1v) is 4.73. The van der Waals surface area contributed by atoms with Crippen LogP contribution in [0.5, 0.6) is 0 Å². The van der Waals surface area contributed by atoms with E-state index in [9.17, 15) is 0 Å². The molecule has 1 aromatic carbocycles. The lowest BCUT2D eigenvalue weighted by Crippen LogP contribution is -2.01. The number of benzene rings is 1. The van der Waals surface area contributed by atoms with Crippen LogP contribution in [0.25, 0.3) is 0 Å². The lowest BCUT2D eigenvalue weighted by atomic mass is 10.1. The lowest BCUT2D eigenvalue weighted by molar-refractivity contribution is 1.06. The lowest BCUT2D eigenvalue weighted by Gasteiger charge is -2.04. The fourth-order valence-electron chi connectivity index (χ4n) is 0.871. The molecule has 0 aliphatic rings. The Bertz CT molecular complexity index is 344. The summed E-state index contributed by atoms with van der Waals surface area (Å²) in [5, 5.41) is 9.13. The van der Waals surface area contributed by atoms with Crippen molar-refractivity contribution in [3.8, 4) is 6.07 Å². The molecule has 0 radical (unpaired) electrons. The van der Waals surface area contributed by atoms with Gasteiger partial charge in [0.2, 0.25) is 0 Å². The fraction of sp³-hybridized carbons (Fsp3) is 0.125. The molecule has 4 heteroatoms. The molecule has 0 heterocycles. The highest BCUT2D eigenvalue weighted by Crippen LogP contribution is 2.24. The second kappa shape index (κ2) is 4.08. The van der Waals surface area contributed by atoms with Gasteiger partial charge in [0.25, 0.3) is 0 Å². The zero-order chi connectivity index (χ0) is 9.14. The van der Waals surface area contributed by atoms with E-state index in [4.69, 9.17) is 22.6 Å². The fourth-order valence-corrected chi connectivity index (χ4v) is 1.98. The van der Waals surface area contributed by atoms with Crippen LogP contribution in [0.4, 0.5) is 0 Å². The van der Waals surface area contributed by atoms with Crippen LogP contribution in [0.1, 0.15) is 11.1 Å². The molecule has 0 bridgehead atoms. The molecule has 62 valence electrons. The largest absolute Gasteiger partial charge is 0.326 e. The van der Waals surface area contributed by atoms with Crippen molar-refractivity contribution >= 4 is 34.2 Å². The average Bonchev–Trinajstić information content (AvgIpc) is 2.06. The Morgan fingerprint density at radius 1 is 1.58 bits per heavy atom. The first-order valence-electron chi connectivity index (χ1n) is 3.27. The molecular weight excluding hydrogens is 286 g/mol. The van der Waals surface area contributed by atoms with Gasteiger partial charge in [-0.05, 0) is 40.3 Å². The second-order valence-corrected chi connectivity index (χ2v) is 3.74. The van der Waals surface area contributed by atoms with E-state index in [1.54, 1.807) is 6.07 Å². The second-order valence-electron chi connectivity index (χ2n) is 2.20. The SMILES string of the molecule is N#Cc1ccc(I)c(CN)c1Cl. The van der Waals surface area contributed by atoms with Crippen LogP contribution in [0.3, 0.4) is 0 Å². The summed E-state index contributed by atoms with van der Waals surface area (Å²) in [4.78, 5) is 0. The van der Waals surface area contributed by atoms with Crippen LogP contribution in [-0.4, -0.2) is 0 Å². The van der Waals surface area contributed by atoms with Gasteiger partial charge in [0.05, 0.1) is 10.6 Å². The van der Waals surface area contributed by atoms with Crippen molar-refractivity contribution in [1.82, 2.24) is 0 Å². The summed E-state index contributed by atoms with van der Waals surface area (Å²) in [7, 11) is 0. The Morgan fingerprint density at radius 2 is 2.25 bits per heavy atom. The highest BCUT2D eigenvalue weighted by atomic mass is 127. The van der Waals surface area contributed by atoms with E-state index >= 15 is 0 Å². The Morgan fingerprint density at radius 3 is 2.75 bits per heavy atom. The van der Waals surface area contributed by atoms with E-state index in [0.717, 1.165) is 9.13 Å². The number of nitrogens with two attached hydrogens (primary N) is 1. The maximum atomic E-state index is 8.65. The predicted molar refractivity (Wildman–Crippen MR) is 56.8 cm³/mol. The summed E-state index contributed by atoms with van der Waals surface area (Å²) < 4.78 is 0.999. The van der Waals surface area contributed by atoms with Crippen molar-refractivity contribution in [2.24, 2.45) is 5.73 Å². The summed E-state index contributed by atoms with van der Waals surface area (Å²) in [5.41, 5.74) is 6.80. The highest BCUT2D eigenvalue weighted by molar-refractivity contribution is 14.1. The van der Waals surface area contributed by atoms with Crippen molar-refractivity contribution < 1.29 is 0 Å². The molecule has 1 rings (SSSR count). The van der Waals surface area contributed by atoms with E-state index in [1.165, 1.54) is 0 Å². The average molecular weight is 293 g/mol. The normalized spacial score (nSPS) is 9.50. The molecule has 0 unspecified atom stereocenters. The molecule has 0 aromatic heterocycles. The van der Waals surface area contributed by atoms with Crippen LogP contribution < -0.4 is 5.73 Å². The number of hydrogen-bond donors (Lipinski definition) is 1. The standard InChI is InChI=1S/C8H6ClIN2/c9-8-5(3-11)1-2-7(10)6(8)4-12/h1-2H,4,12H2. The van der Waals surface area contributed by atoms with Gasteiger partial charge in [-0.3, -0.25) is 0 Å². The van der Waals surface area contributed by atoms with Crippen LogP contribution in [0, 0.1) is 14.9 Å². The Balaban J connectivity index is 3.36. The van der Waals surface area contributed by atoms with Gasteiger partial charge in [-0.2, -0.15) is 5.26 Å². The van der Waals surface area contributed by atoms with Crippen molar-refractivity contribution in [1.29, 1.82) is 5.26 Å². The molecule has 0 spiro atoms. The number of hydrogen-bond acceptors (Lipinski definition) is 2. The Hall–Kier alpha value is -0.310. The van der Waals surface area contributed by atoms with Crippen molar-refractivity contribution in [3.63, 3.8) is 0 Å². The molecule has 0 saturated carbocycles. The topological polar surface area (TPSA) is 49.8 Å². The molecule has 2 N–H and O–H groups in total. The summed E-state index contributed by atoms with van der Waals surface area (Å²) >= 11 is 8.05. The summed E-state index contributed by atoms with van der Waals surface area (Å²) in [6, 6.07) is 5.54. The van der Waals surface area contributed by atoms with Gasteiger partial charge in [-0.25, -0.2) is 0 Å². The van der Waals surface area contributed by atoms with Crippen molar-refractivity contribution in [2.75, 3.05) is 0 Å². The smallest absolute Gasteiger partial charge is 0.101 e. The Labute approximate surface area is 89.5 Å². The molecule has 0 fully saturated rings. The molecule has 2 nitrogen and oxygen atoms in total. The maximum absolute atomic E-state index is 8.65. The summed E-state index contributed by atoms with van der Waals surface area (Å²) in [6.45, 7) is 0.368. The Kier molecular flexibility index (Phi) is 3.32. The van der Waals surface area contributed by atoms with E-state index in [1.807, 2.05) is 12.1 Å². The molecule has 0 aliphatic carbocycles. The molecular formula is C8H6ClIN2. The zero-order valence-corrected chi connectivity index (χ0v) is 9.06. The molecule has 12 heavy (non-hydrogen) atoms. The first-order chi connectivity index (χ1) is 5.70. The number of nitriles is 1.